The molecule has 0 unspecified atom stereocenters. The molecule has 1 aromatic rings. The second-order valence-corrected chi connectivity index (χ2v) is 7.72. The van der Waals surface area contributed by atoms with Gasteiger partial charge < -0.3 is 19.1 Å². The maximum atomic E-state index is 12.9. The van der Waals surface area contributed by atoms with Crippen molar-refractivity contribution < 1.29 is 28.6 Å². The maximum Gasteiger partial charge on any atom is 0.357 e. The van der Waals surface area contributed by atoms with Crippen LogP contribution in [-0.4, -0.2) is 76.2 Å². The van der Waals surface area contributed by atoms with E-state index in [2.05, 4.69) is 4.99 Å². The third-order valence-corrected chi connectivity index (χ3v) is 6.36. The fourth-order valence-corrected chi connectivity index (χ4v) is 5.08. The number of rotatable bonds is 5. The van der Waals surface area contributed by atoms with Crippen LogP contribution in [0.5, 0.6) is 0 Å². The number of anilines is 1. The van der Waals surface area contributed by atoms with Gasteiger partial charge in [-0.2, -0.15) is 0 Å². The molecule has 1 spiro atoms. The van der Waals surface area contributed by atoms with Crippen molar-refractivity contribution in [2.45, 2.75) is 24.3 Å². The number of methoxy groups -OCH3 is 3. The standard InChI is InChI=1S/C22H25N3O6/c1-24-14-8-6-5-7-13(14)22-10-9-15(26)25(11-12-29-2)21(22)23-17(20(28)31-4)16(18(22)24)19(27)30-3/h5-8,18H,9-12H2,1-4H3/t18-,22-/m0/s1. The van der Waals surface area contributed by atoms with Crippen LogP contribution >= 0.6 is 0 Å². The quantitative estimate of drug-likeness (QED) is 0.647. The number of ether oxygens (including phenoxy) is 3. The van der Waals surface area contributed by atoms with E-state index in [1.807, 2.05) is 36.2 Å². The van der Waals surface area contributed by atoms with E-state index in [9.17, 15) is 14.4 Å². The fraction of sp³-hybridized carbons (Fsp3) is 0.455. The van der Waals surface area contributed by atoms with Gasteiger partial charge in [-0.15, -0.1) is 0 Å². The summed E-state index contributed by atoms with van der Waals surface area (Å²) >= 11 is 0. The van der Waals surface area contributed by atoms with Gasteiger partial charge in [-0.05, 0) is 18.1 Å². The lowest BCUT2D eigenvalue weighted by molar-refractivity contribution is -0.140. The molecule has 0 radical (unpaired) electrons. The van der Waals surface area contributed by atoms with Crippen molar-refractivity contribution in [1.82, 2.24) is 4.90 Å². The number of amidine groups is 1. The summed E-state index contributed by atoms with van der Waals surface area (Å²) in [5.74, 6) is -1.06. The molecule has 3 aliphatic heterocycles. The van der Waals surface area contributed by atoms with E-state index in [1.54, 1.807) is 12.0 Å². The number of likely N-dealkylation sites (N-methyl/N-ethyl adjacent to an activating group) is 1. The van der Waals surface area contributed by atoms with E-state index < -0.39 is 23.4 Å². The van der Waals surface area contributed by atoms with Crippen molar-refractivity contribution >= 4 is 29.4 Å². The second-order valence-electron chi connectivity index (χ2n) is 7.72. The van der Waals surface area contributed by atoms with Crippen molar-refractivity contribution in [1.29, 1.82) is 0 Å². The Kier molecular flexibility index (Phi) is 5.30. The Morgan fingerprint density at radius 1 is 1.16 bits per heavy atom. The van der Waals surface area contributed by atoms with Gasteiger partial charge in [0, 0.05) is 26.3 Å². The highest BCUT2D eigenvalue weighted by Crippen LogP contribution is 2.55. The lowest BCUT2D eigenvalue weighted by atomic mass is 9.66. The summed E-state index contributed by atoms with van der Waals surface area (Å²) in [7, 11) is 5.93. The number of nitrogens with zero attached hydrogens (tertiary/aromatic N) is 3. The number of hydrogen-bond donors (Lipinski definition) is 0. The Morgan fingerprint density at radius 3 is 2.55 bits per heavy atom. The zero-order chi connectivity index (χ0) is 22.3. The molecule has 31 heavy (non-hydrogen) atoms. The molecule has 164 valence electrons. The van der Waals surface area contributed by atoms with Crippen LogP contribution in [0.15, 0.2) is 40.5 Å². The number of fused-ring (bicyclic) bond motifs is 1. The van der Waals surface area contributed by atoms with Gasteiger partial charge in [-0.25, -0.2) is 14.6 Å². The van der Waals surface area contributed by atoms with Crippen molar-refractivity contribution in [3.8, 4) is 0 Å². The molecule has 4 rings (SSSR count). The highest BCUT2D eigenvalue weighted by molar-refractivity contribution is 6.15. The minimum Gasteiger partial charge on any atom is -0.466 e. The average Bonchev–Trinajstić information content (AvgIpc) is 3.05. The Labute approximate surface area is 180 Å². The van der Waals surface area contributed by atoms with Gasteiger partial charge in [0.25, 0.3) is 0 Å². The first-order chi connectivity index (χ1) is 14.9. The minimum atomic E-state index is -0.784. The SMILES string of the molecule is COCCN1C(=O)CC[C@@]23C1=NC(C(=O)OC)=C(C(=O)OC)[C@@H]2N(C)c1ccccc13. The Hall–Kier alpha value is -3.20. The van der Waals surface area contributed by atoms with E-state index in [0.717, 1.165) is 11.3 Å². The number of benzene rings is 1. The van der Waals surface area contributed by atoms with Gasteiger partial charge in [0.2, 0.25) is 5.91 Å². The number of aliphatic imine (C=N–C) groups is 1. The topological polar surface area (TPSA) is 97.7 Å². The van der Waals surface area contributed by atoms with Crippen LogP contribution in [0.25, 0.3) is 0 Å². The van der Waals surface area contributed by atoms with Crippen molar-refractivity contribution in [3.63, 3.8) is 0 Å². The lowest BCUT2D eigenvalue weighted by Crippen LogP contribution is -2.63. The minimum absolute atomic E-state index is 0.0991. The number of amides is 1. The molecule has 1 saturated heterocycles. The molecule has 2 atom stereocenters. The normalized spacial score (nSPS) is 24.3. The van der Waals surface area contributed by atoms with Crippen LogP contribution < -0.4 is 4.90 Å². The smallest absolute Gasteiger partial charge is 0.357 e. The number of hydrogen-bond acceptors (Lipinski definition) is 8. The molecule has 1 amide bonds. The Bertz CT molecular complexity index is 1020. The van der Waals surface area contributed by atoms with Crippen LogP contribution in [0.3, 0.4) is 0 Å². The molecule has 0 aromatic heterocycles. The first-order valence-electron chi connectivity index (χ1n) is 10.0. The van der Waals surface area contributed by atoms with Crippen LogP contribution in [-0.2, 0) is 34.0 Å². The van der Waals surface area contributed by atoms with Crippen molar-refractivity contribution in [2.24, 2.45) is 4.99 Å². The second kappa shape index (κ2) is 7.81. The van der Waals surface area contributed by atoms with Gasteiger partial charge in [0.15, 0.2) is 5.70 Å². The number of carbonyl (C=O) groups is 3. The third kappa shape index (κ3) is 2.87. The first kappa shape index (κ1) is 21.0. The van der Waals surface area contributed by atoms with Crippen molar-refractivity contribution in [2.75, 3.05) is 46.4 Å². The Balaban J connectivity index is 2.04. The zero-order valence-electron chi connectivity index (χ0n) is 18.0. The van der Waals surface area contributed by atoms with E-state index in [0.29, 0.717) is 18.9 Å². The molecular weight excluding hydrogens is 402 g/mol. The van der Waals surface area contributed by atoms with Crippen molar-refractivity contribution in [3.05, 3.63) is 41.1 Å². The van der Waals surface area contributed by atoms with Gasteiger partial charge in [-0.3, -0.25) is 9.69 Å². The monoisotopic (exact) mass is 427 g/mol. The zero-order valence-corrected chi connectivity index (χ0v) is 18.0. The van der Waals surface area contributed by atoms with Crippen LogP contribution in [0.2, 0.25) is 0 Å². The molecule has 3 heterocycles. The molecule has 9 heteroatoms. The predicted octanol–water partition coefficient (Wildman–Crippen LogP) is 1.02. The number of piperidine rings is 1. The van der Waals surface area contributed by atoms with Gasteiger partial charge in [-0.1, -0.05) is 18.2 Å². The number of para-hydroxylation sites is 1. The maximum absolute atomic E-state index is 12.9. The number of likely N-dealkylation sites (tertiary alicyclic amines) is 1. The first-order valence-corrected chi connectivity index (χ1v) is 10.0. The molecule has 0 aliphatic carbocycles. The van der Waals surface area contributed by atoms with Gasteiger partial charge >= 0.3 is 11.9 Å². The van der Waals surface area contributed by atoms with E-state index >= 15 is 0 Å². The molecule has 3 aliphatic rings. The van der Waals surface area contributed by atoms with Crippen LogP contribution in [0, 0.1) is 0 Å². The largest absolute Gasteiger partial charge is 0.466 e. The number of carbonyl (C=O) groups excluding carboxylic acids is 3. The summed E-state index contributed by atoms with van der Waals surface area (Å²) in [6.45, 7) is 0.598. The summed E-state index contributed by atoms with van der Waals surface area (Å²) in [5, 5.41) is 0. The molecule has 1 aromatic carbocycles. The highest BCUT2D eigenvalue weighted by atomic mass is 16.5. The summed E-state index contributed by atoms with van der Waals surface area (Å²) in [6, 6.07) is 7.22. The summed E-state index contributed by atoms with van der Waals surface area (Å²) in [5.41, 5.74) is 1.09. The average molecular weight is 427 g/mol. The summed E-state index contributed by atoms with van der Waals surface area (Å²) < 4.78 is 15.2. The van der Waals surface area contributed by atoms with Gasteiger partial charge in [0.1, 0.15) is 5.84 Å². The van der Waals surface area contributed by atoms with E-state index in [-0.39, 0.29) is 30.1 Å². The summed E-state index contributed by atoms with van der Waals surface area (Å²) in [4.78, 5) is 46.7. The molecule has 1 fully saturated rings. The molecule has 0 bridgehead atoms. The predicted molar refractivity (Wildman–Crippen MR) is 112 cm³/mol. The van der Waals surface area contributed by atoms with E-state index in [1.165, 1.54) is 14.2 Å². The lowest BCUT2D eigenvalue weighted by Gasteiger charge is -2.48. The third-order valence-electron chi connectivity index (χ3n) is 6.36. The van der Waals surface area contributed by atoms with Gasteiger partial charge in [0.05, 0.1) is 44.4 Å². The molecule has 0 N–H and O–H groups in total. The molecule has 0 saturated carbocycles. The van der Waals surface area contributed by atoms with Crippen LogP contribution in [0.4, 0.5) is 5.69 Å². The Morgan fingerprint density at radius 2 is 1.87 bits per heavy atom. The fourth-order valence-electron chi connectivity index (χ4n) is 5.08. The van der Waals surface area contributed by atoms with E-state index in [4.69, 9.17) is 14.2 Å². The van der Waals surface area contributed by atoms with Crippen LogP contribution in [0.1, 0.15) is 18.4 Å². The molecule has 9 nitrogen and oxygen atoms in total. The summed E-state index contributed by atoms with van der Waals surface area (Å²) in [6.07, 6.45) is 0.735. The highest BCUT2D eigenvalue weighted by Gasteiger charge is 2.62. The molecular formula is C22H25N3O6. The number of esters is 2.